The Kier molecular flexibility index (Phi) is 3.90. The number of hydrogen-bond acceptors (Lipinski definition) is 4. The second-order valence-corrected chi connectivity index (χ2v) is 6.37. The third kappa shape index (κ3) is 3.11. The van der Waals surface area contributed by atoms with Gasteiger partial charge in [-0.15, -0.1) is 0 Å². The molecule has 0 aliphatic heterocycles. The molecule has 0 bridgehead atoms. The zero-order chi connectivity index (χ0) is 16.4. The standard InChI is InChI=1S/C18H14O4S/c19-15-11-16(13-7-3-1-4-8-13)18(23(20,21)22)17(12-15)14-9-5-2-6-10-14/h1-12,19H,(H,20,21,22)/p-1. The van der Waals surface area contributed by atoms with E-state index in [0.29, 0.717) is 11.1 Å². The fourth-order valence-corrected chi connectivity index (χ4v) is 3.44. The van der Waals surface area contributed by atoms with Crippen molar-refractivity contribution in [2.45, 2.75) is 4.90 Å². The Morgan fingerprint density at radius 1 is 0.739 bits per heavy atom. The van der Waals surface area contributed by atoms with E-state index < -0.39 is 10.1 Å². The van der Waals surface area contributed by atoms with Crippen LogP contribution in [0.2, 0.25) is 0 Å². The molecule has 0 saturated heterocycles. The minimum atomic E-state index is -4.74. The summed E-state index contributed by atoms with van der Waals surface area (Å²) in [6.07, 6.45) is 0. The van der Waals surface area contributed by atoms with Gasteiger partial charge >= 0.3 is 0 Å². The predicted molar refractivity (Wildman–Crippen MR) is 86.9 cm³/mol. The molecule has 0 spiro atoms. The fraction of sp³-hybridized carbons (Fsp3) is 0. The van der Waals surface area contributed by atoms with Crippen LogP contribution in [0.25, 0.3) is 22.3 Å². The van der Waals surface area contributed by atoms with E-state index in [1.54, 1.807) is 60.7 Å². The third-order valence-electron chi connectivity index (χ3n) is 3.49. The first-order chi connectivity index (χ1) is 11.0. The van der Waals surface area contributed by atoms with E-state index in [2.05, 4.69) is 0 Å². The van der Waals surface area contributed by atoms with Crippen LogP contribution in [0.5, 0.6) is 5.75 Å². The van der Waals surface area contributed by atoms with Crippen LogP contribution in [0.1, 0.15) is 0 Å². The van der Waals surface area contributed by atoms with Crippen LogP contribution in [0, 0.1) is 0 Å². The van der Waals surface area contributed by atoms with Gasteiger partial charge in [-0.25, -0.2) is 8.42 Å². The second kappa shape index (κ2) is 5.87. The van der Waals surface area contributed by atoms with E-state index in [1.807, 2.05) is 0 Å². The van der Waals surface area contributed by atoms with Gasteiger partial charge in [0.15, 0.2) is 0 Å². The monoisotopic (exact) mass is 325 g/mol. The lowest BCUT2D eigenvalue weighted by Gasteiger charge is -2.18. The Bertz CT molecular complexity index is 873. The average Bonchev–Trinajstić information content (AvgIpc) is 2.54. The van der Waals surface area contributed by atoms with Crippen molar-refractivity contribution in [3.8, 4) is 28.0 Å². The lowest BCUT2D eigenvalue weighted by atomic mass is 9.98. The van der Waals surface area contributed by atoms with Gasteiger partial charge in [-0.05, 0) is 23.3 Å². The molecule has 5 heteroatoms. The Labute approximate surface area is 134 Å². The number of rotatable bonds is 3. The van der Waals surface area contributed by atoms with Gasteiger partial charge in [0.25, 0.3) is 0 Å². The maximum atomic E-state index is 11.9. The normalized spacial score (nSPS) is 11.3. The molecule has 4 nitrogen and oxygen atoms in total. The first kappa shape index (κ1) is 15.3. The predicted octanol–water partition coefficient (Wildman–Crippen LogP) is 3.63. The molecule has 116 valence electrons. The van der Waals surface area contributed by atoms with Crippen molar-refractivity contribution < 1.29 is 18.1 Å². The van der Waals surface area contributed by atoms with Crippen molar-refractivity contribution in [1.82, 2.24) is 0 Å². The molecular weight excluding hydrogens is 312 g/mol. The summed E-state index contributed by atoms with van der Waals surface area (Å²) in [5.74, 6) is -0.102. The van der Waals surface area contributed by atoms with E-state index >= 15 is 0 Å². The Balaban J connectivity index is 2.40. The molecule has 3 aromatic rings. The molecule has 0 radical (unpaired) electrons. The van der Waals surface area contributed by atoms with E-state index in [-0.39, 0.29) is 21.8 Å². The van der Waals surface area contributed by atoms with Gasteiger partial charge in [-0.2, -0.15) is 0 Å². The summed E-state index contributed by atoms with van der Waals surface area (Å²) in [5.41, 5.74) is 1.49. The highest BCUT2D eigenvalue weighted by Crippen LogP contribution is 2.38. The van der Waals surface area contributed by atoms with Crippen molar-refractivity contribution in [3.05, 3.63) is 72.8 Å². The highest BCUT2D eigenvalue weighted by atomic mass is 32.2. The zero-order valence-electron chi connectivity index (χ0n) is 12.0. The van der Waals surface area contributed by atoms with Crippen molar-refractivity contribution in [3.63, 3.8) is 0 Å². The van der Waals surface area contributed by atoms with E-state index in [4.69, 9.17) is 0 Å². The quantitative estimate of drug-likeness (QED) is 0.746. The van der Waals surface area contributed by atoms with Crippen LogP contribution >= 0.6 is 0 Å². The Hall–Kier alpha value is -2.63. The second-order valence-electron chi connectivity index (χ2n) is 5.06. The van der Waals surface area contributed by atoms with Crippen LogP contribution in [0.3, 0.4) is 0 Å². The zero-order valence-corrected chi connectivity index (χ0v) is 12.8. The minimum Gasteiger partial charge on any atom is -0.744 e. The molecule has 0 aliphatic carbocycles. The Morgan fingerprint density at radius 3 is 1.48 bits per heavy atom. The molecular formula is C18H13O4S-. The first-order valence-electron chi connectivity index (χ1n) is 6.90. The topological polar surface area (TPSA) is 77.4 Å². The lowest BCUT2D eigenvalue weighted by Crippen LogP contribution is -2.04. The van der Waals surface area contributed by atoms with Crippen LogP contribution < -0.4 is 0 Å². The first-order valence-corrected chi connectivity index (χ1v) is 8.31. The van der Waals surface area contributed by atoms with Gasteiger partial charge in [0.05, 0.1) is 4.90 Å². The highest BCUT2D eigenvalue weighted by Gasteiger charge is 2.18. The van der Waals surface area contributed by atoms with Gasteiger partial charge in [0.1, 0.15) is 15.9 Å². The average molecular weight is 325 g/mol. The molecule has 0 aromatic heterocycles. The van der Waals surface area contributed by atoms with Gasteiger partial charge in [0, 0.05) is 11.1 Å². The largest absolute Gasteiger partial charge is 0.744 e. The minimum absolute atomic E-state index is 0.102. The van der Waals surface area contributed by atoms with Crippen molar-refractivity contribution in [1.29, 1.82) is 0 Å². The summed E-state index contributed by atoms with van der Waals surface area (Å²) in [4.78, 5) is -0.326. The van der Waals surface area contributed by atoms with Gasteiger partial charge < -0.3 is 9.66 Å². The molecule has 0 aliphatic rings. The summed E-state index contributed by atoms with van der Waals surface area (Å²) in [6, 6.07) is 19.9. The number of benzene rings is 3. The molecule has 3 aromatic carbocycles. The maximum absolute atomic E-state index is 11.9. The molecule has 0 amide bonds. The van der Waals surface area contributed by atoms with Gasteiger partial charge in [0.2, 0.25) is 0 Å². The summed E-state index contributed by atoms with van der Waals surface area (Å²) >= 11 is 0. The SMILES string of the molecule is O=S(=O)([O-])c1c(-c2ccccc2)cc(O)cc1-c1ccccc1. The Morgan fingerprint density at radius 2 is 1.13 bits per heavy atom. The molecule has 3 rings (SSSR count). The summed E-state index contributed by atoms with van der Waals surface area (Å²) in [5, 5.41) is 10.0. The van der Waals surface area contributed by atoms with E-state index in [0.717, 1.165) is 0 Å². The summed E-state index contributed by atoms with van der Waals surface area (Å²) in [6.45, 7) is 0. The van der Waals surface area contributed by atoms with Crippen molar-refractivity contribution in [2.24, 2.45) is 0 Å². The van der Waals surface area contributed by atoms with Crippen molar-refractivity contribution >= 4 is 10.1 Å². The molecule has 0 saturated carbocycles. The van der Waals surface area contributed by atoms with Gasteiger partial charge in [-0.1, -0.05) is 60.7 Å². The summed E-state index contributed by atoms with van der Waals surface area (Å²) in [7, 11) is -4.74. The van der Waals surface area contributed by atoms with Crippen LogP contribution in [0.4, 0.5) is 0 Å². The van der Waals surface area contributed by atoms with Crippen LogP contribution in [-0.4, -0.2) is 18.1 Å². The van der Waals surface area contributed by atoms with Crippen molar-refractivity contribution in [2.75, 3.05) is 0 Å². The van der Waals surface area contributed by atoms with E-state index in [1.165, 1.54) is 12.1 Å². The molecule has 0 unspecified atom stereocenters. The third-order valence-corrected chi connectivity index (χ3v) is 4.43. The van der Waals surface area contributed by atoms with E-state index in [9.17, 15) is 18.1 Å². The van der Waals surface area contributed by atoms with Crippen LogP contribution in [-0.2, 0) is 10.1 Å². The fourth-order valence-electron chi connectivity index (χ4n) is 2.55. The summed E-state index contributed by atoms with van der Waals surface area (Å²) < 4.78 is 35.7. The molecule has 0 heterocycles. The molecule has 1 N–H and O–H groups in total. The number of aromatic hydroxyl groups is 1. The maximum Gasteiger partial charge on any atom is 0.125 e. The number of hydrogen-bond donors (Lipinski definition) is 1. The van der Waals surface area contributed by atoms with Gasteiger partial charge in [-0.3, -0.25) is 0 Å². The number of phenolic OH excluding ortho intramolecular Hbond substituents is 1. The molecule has 23 heavy (non-hydrogen) atoms. The molecule has 0 fully saturated rings. The molecule has 0 atom stereocenters. The highest BCUT2D eigenvalue weighted by molar-refractivity contribution is 7.86. The van der Waals surface area contributed by atoms with Crippen LogP contribution in [0.15, 0.2) is 77.7 Å². The number of phenols is 1. The smallest absolute Gasteiger partial charge is 0.125 e. The lowest BCUT2D eigenvalue weighted by molar-refractivity contribution is 0.462.